The fourth-order valence-corrected chi connectivity index (χ4v) is 2.30. The Morgan fingerprint density at radius 3 is 2.65 bits per heavy atom. The van der Waals surface area contributed by atoms with Gasteiger partial charge in [0.2, 0.25) is 0 Å². The fourth-order valence-electron chi connectivity index (χ4n) is 2.30. The van der Waals surface area contributed by atoms with Gasteiger partial charge in [0.05, 0.1) is 0 Å². The van der Waals surface area contributed by atoms with Gasteiger partial charge in [-0.1, -0.05) is 13.0 Å². The number of hydrogen-bond acceptors (Lipinski definition) is 2. The van der Waals surface area contributed by atoms with E-state index in [0.717, 1.165) is 30.6 Å². The Labute approximate surface area is 117 Å². The maximum Gasteiger partial charge on any atom is 0.159 e. The number of aromatic nitrogens is 2. The first-order chi connectivity index (χ1) is 9.61. The Morgan fingerprint density at radius 2 is 2.05 bits per heavy atom. The smallest absolute Gasteiger partial charge is 0.159 e. The monoisotopic (exact) mass is 279 g/mol. The predicted octanol–water partition coefficient (Wildman–Crippen LogP) is 2.98. The van der Waals surface area contributed by atoms with Crippen molar-refractivity contribution in [1.29, 1.82) is 0 Å². The number of rotatable bonds is 6. The normalized spacial score (nSPS) is 12.6. The molecule has 1 unspecified atom stereocenters. The molecule has 1 heterocycles. The van der Waals surface area contributed by atoms with Gasteiger partial charge in [-0.2, -0.15) is 5.10 Å². The molecule has 0 amide bonds. The minimum absolute atomic E-state index is 0.00463. The summed E-state index contributed by atoms with van der Waals surface area (Å²) >= 11 is 0. The highest BCUT2D eigenvalue weighted by Crippen LogP contribution is 2.21. The molecule has 1 N–H and O–H groups in total. The average Bonchev–Trinajstić information content (AvgIpc) is 2.83. The van der Waals surface area contributed by atoms with Crippen LogP contribution >= 0.6 is 0 Å². The number of nitrogens with zero attached hydrogens (tertiary/aromatic N) is 2. The van der Waals surface area contributed by atoms with Crippen LogP contribution in [0.1, 0.15) is 30.6 Å². The topological polar surface area (TPSA) is 29.9 Å². The minimum Gasteiger partial charge on any atom is -0.310 e. The van der Waals surface area contributed by atoms with Crippen molar-refractivity contribution < 1.29 is 8.78 Å². The molecule has 2 rings (SSSR count). The number of halogens is 2. The third-order valence-electron chi connectivity index (χ3n) is 3.41. The van der Waals surface area contributed by atoms with Crippen molar-refractivity contribution in [3.05, 3.63) is 53.4 Å². The van der Waals surface area contributed by atoms with E-state index in [9.17, 15) is 8.78 Å². The third kappa shape index (κ3) is 3.42. The molecule has 0 saturated heterocycles. The van der Waals surface area contributed by atoms with E-state index in [0.29, 0.717) is 0 Å². The van der Waals surface area contributed by atoms with Crippen LogP contribution in [0, 0.1) is 11.6 Å². The summed E-state index contributed by atoms with van der Waals surface area (Å²) in [6.45, 7) is 2.77. The molecule has 108 valence electrons. The van der Waals surface area contributed by atoms with Gasteiger partial charge in [-0.3, -0.25) is 4.68 Å². The molecule has 0 aliphatic rings. The molecule has 0 spiro atoms. The van der Waals surface area contributed by atoms with Gasteiger partial charge in [-0.05, 0) is 43.1 Å². The molecule has 0 bridgehead atoms. The second kappa shape index (κ2) is 6.61. The third-order valence-corrected chi connectivity index (χ3v) is 3.41. The van der Waals surface area contributed by atoms with Crippen LogP contribution in [0.3, 0.4) is 0 Å². The zero-order chi connectivity index (χ0) is 14.5. The largest absolute Gasteiger partial charge is 0.310 e. The summed E-state index contributed by atoms with van der Waals surface area (Å²) in [5, 5.41) is 7.43. The summed E-state index contributed by atoms with van der Waals surface area (Å²) in [7, 11) is 1.90. The molecular weight excluding hydrogens is 260 g/mol. The second-order valence-electron chi connectivity index (χ2n) is 4.77. The molecule has 2 aromatic rings. The second-order valence-corrected chi connectivity index (χ2v) is 4.77. The summed E-state index contributed by atoms with van der Waals surface area (Å²) in [6, 6.07) is 6.05. The quantitative estimate of drug-likeness (QED) is 0.881. The van der Waals surface area contributed by atoms with Crippen molar-refractivity contribution >= 4 is 0 Å². The summed E-state index contributed by atoms with van der Waals surface area (Å²) in [5.74, 6) is -1.61. The Morgan fingerprint density at radius 1 is 1.25 bits per heavy atom. The van der Waals surface area contributed by atoms with E-state index in [1.165, 1.54) is 12.1 Å². The molecule has 1 aromatic carbocycles. The first kappa shape index (κ1) is 14.7. The highest BCUT2D eigenvalue weighted by molar-refractivity contribution is 5.21. The van der Waals surface area contributed by atoms with Crippen LogP contribution in [-0.2, 0) is 13.5 Å². The van der Waals surface area contributed by atoms with Crippen LogP contribution < -0.4 is 5.32 Å². The zero-order valence-electron chi connectivity index (χ0n) is 11.7. The van der Waals surface area contributed by atoms with Crippen molar-refractivity contribution in [3.8, 4) is 0 Å². The van der Waals surface area contributed by atoms with E-state index >= 15 is 0 Å². The van der Waals surface area contributed by atoms with Gasteiger partial charge < -0.3 is 5.32 Å². The first-order valence-electron chi connectivity index (χ1n) is 6.77. The molecule has 0 fully saturated rings. The van der Waals surface area contributed by atoms with Crippen LogP contribution in [0.15, 0.2) is 30.5 Å². The van der Waals surface area contributed by atoms with Gasteiger partial charge >= 0.3 is 0 Å². The Bertz CT molecular complexity index is 566. The van der Waals surface area contributed by atoms with Crippen LogP contribution in [0.2, 0.25) is 0 Å². The van der Waals surface area contributed by atoms with Gasteiger partial charge in [-0.15, -0.1) is 0 Å². The summed E-state index contributed by atoms with van der Waals surface area (Å²) in [5.41, 5.74) is 1.89. The highest BCUT2D eigenvalue weighted by atomic mass is 19.2. The molecule has 0 radical (unpaired) electrons. The number of hydrogen-bond donors (Lipinski definition) is 1. The number of aryl methyl sites for hydroxylation is 2. The highest BCUT2D eigenvalue weighted by Gasteiger charge is 2.13. The lowest BCUT2D eigenvalue weighted by Gasteiger charge is -2.18. The van der Waals surface area contributed by atoms with Gasteiger partial charge in [0.1, 0.15) is 0 Å². The number of nitrogens with one attached hydrogen (secondary N) is 1. The SMILES string of the molecule is CCNC(CCc1ccnn1C)c1ccc(F)c(F)c1. The molecular formula is C15H19F2N3. The van der Waals surface area contributed by atoms with Crippen LogP contribution in [0.5, 0.6) is 0 Å². The summed E-state index contributed by atoms with van der Waals surface area (Å²) in [6.07, 6.45) is 3.39. The van der Waals surface area contributed by atoms with Gasteiger partial charge in [0, 0.05) is 25.0 Å². The van der Waals surface area contributed by atoms with Gasteiger partial charge in [-0.25, -0.2) is 8.78 Å². The van der Waals surface area contributed by atoms with Crippen LogP contribution in [0.4, 0.5) is 8.78 Å². The van der Waals surface area contributed by atoms with Crippen molar-refractivity contribution in [1.82, 2.24) is 15.1 Å². The lowest BCUT2D eigenvalue weighted by molar-refractivity contribution is 0.484. The summed E-state index contributed by atoms with van der Waals surface area (Å²) in [4.78, 5) is 0. The van der Waals surface area contributed by atoms with Gasteiger partial charge in [0.15, 0.2) is 11.6 Å². The van der Waals surface area contributed by atoms with E-state index in [1.54, 1.807) is 12.3 Å². The Balaban J connectivity index is 2.10. The first-order valence-corrected chi connectivity index (χ1v) is 6.77. The molecule has 0 aliphatic carbocycles. The van der Waals surface area contributed by atoms with Crippen LogP contribution in [0.25, 0.3) is 0 Å². The maximum atomic E-state index is 13.3. The average molecular weight is 279 g/mol. The molecule has 3 nitrogen and oxygen atoms in total. The van der Waals surface area contributed by atoms with E-state index in [1.807, 2.05) is 24.7 Å². The Hall–Kier alpha value is -1.75. The molecule has 0 saturated carbocycles. The molecule has 1 aromatic heterocycles. The molecule has 0 aliphatic heterocycles. The van der Waals surface area contributed by atoms with E-state index in [2.05, 4.69) is 10.4 Å². The standard InChI is InChI=1S/C15H19F2N3/c1-3-18-15(7-5-12-8-9-19-20(12)2)11-4-6-13(16)14(17)10-11/h4,6,8-10,15,18H,3,5,7H2,1-2H3. The molecule has 20 heavy (non-hydrogen) atoms. The van der Waals surface area contributed by atoms with Crippen molar-refractivity contribution in [3.63, 3.8) is 0 Å². The molecule has 1 atom stereocenters. The van der Waals surface area contributed by atoms with Crippen molar-refractivity contribution in [2.75, 3.05) is 6.54 Å². The zero-order valence-corrected chi connectivity index (χ0v) is 11.7. The van der Waals surface area contributed by atoms with Crippen LogP contribution in [-0.4, -0.2) is 16.3 Å². The maximum absolute atomic E-state index is 13.3. The minimum atomic E-state index is -0.810. The van der Waals surface area contributed by atoms with E-state index in [-0.39, 0.29) is 6.04 Å². The van der Waals surface area contributed by atoms with E-state index in [4.69, 9.17) is 0 Å². The predicted molar refractivity (Wildman–Crippen MR) is 74.3 cm³/mol. The molecule has 5 heteroatoms. The lowest BCUT2D eigenvalue weighted by Crippen LogP contribution is -2.22. The lowest BCUT2D eigenvalue weighted by atomic mass is 10.0. The number of benzene rings is 1. The summed E-state index contributed by atoms with van der Waals surface area (Å²) < 4.78 is 28.2. The van der Waals surface area contributed by atoms with Gasteiger partial charge in [0.25, 0.3) is 0 Å². The fraction of sp³-hybridized carbons (Fsp3) is 0.400. The van der Waals surface area contributed by atoms with Crippen molar-refractivity contribution in [2.45, 2.75) is 25.8 Å². The Kier molecular flexibility index (Phi) is 4.84. The van der Waals surface area contributed by atoms with E-state index < -0.39 is 11.6 Å². The van der Waals surface area contributed by atoms with Crippen molar-refractivity contribution in [2.24, 2.45) is 7.05 Å².